The van der Waals surface area contributed by atoms with Gasteiger partial charge in [0.05, 0.1) is 19.3 Å². The molecule has 3 aliphatic rings. The summed E-state index contributed by atoms with van der Waals surface area (Å²) in [6.45, 7) is 2.80. The molecule has 0 spiro atoms. The zero-order valence-electron chi connectivity index (χ0n) is 23.6. The van der Waals surface area contributed by atoms with Gasteiger partial charge < -0.3 is 74.4 Å². The Morgan fingerprint density at radius 2 is 1.30 bits per heavy atom. The summed E-state index contributed by atoms with van der Waals surface area (Å²) in [4.78, 5) is 13.9. The monoisotopic (exact) mass is 626 g/mol. The van der Waals surface area contributed by atoms with E-state index < -0.39 is 102 Å². The van der Waals surface area contributed by atoms with Crippen molar-refractivity contribution in [2.75, 3.05) is 7.11 Å². The molecule has 0 bridgehead atoms. The van der Waals surface area contributed by atoms with Gasteiger partial charge in [-0.3, -0.25) is 4.79 Å². The number of hydrogen-bond acceptors (Lipinski definition) is 16. The van der Waals surface area contributed by atoms with Crippen molar-refractivity contribution in [1.82, 2.24) is 0 Å². The maximum absolute atomic E-state index is 13.9. The fourth-order valence-electron chi connectivity index (χ4n) is 5.46. The van der Waals surface area contributed by atoms with E-state index >= 15 is 0 Å². The van der Waals surface area contributed by atoms with Crippen LogP contribution >= 0.6 is 0 Å². The summed E-state index contributed by atoms with van der Waals surface area (Å²) in [7, 11) is 1.21. The molecule has 0 aromatic heterocycles. The molecule has 0 aliphatic carbocycles. The Bertz CT molecular complexity index is 1360. The van der Waals surface area contributed by atoms with Crippen molar-refractivity contribution in [1.29, 1.82) is 0 Å². The standard InChI is InChI=1S/C28H34O16/c1-8-17(33)20(36)22(38)27(40-8)44-26-21(37)18(34)9(2)41-28(26)43-25-19(35)16-12(30)6-11(29)7-15(16)42-23(25)10-4-13(31)24(39-3)14(32)5-10/h4-9,17-18,20-23,25-34,36-38H,1-3H3/t8-,9-,17-,18-,20+,21+,22+,23-,25+,26+,27+,28+/m1/s1. The Kier molecular flexibility index (Phi) is 8.83. The van der Waals surface area contributed by atoms with Crippen LogP contribution < -0.4 is 9.47 Å². The largest absolute Gasteiger partial charge is 0.508 e. The summed E-state index contributed by atoms with van der Waals surface area (Å²) < 4.78 is 33.9. The first-order valence-electron chi connectivity index (χ1n) is 13.6. The number of phenolic OH excluding ortho intramolecular Hbond substituents is 4. The van der Waals surface area contributed by atoms with Crippen molar-refractivity contribution in [2.45, 2.75) is 87.5 Å². The molecule has 44 heavy (non-hydrogen) atoms. The Morgan fingerprint density at radius 3 is 1.91 bits per heavy atom. The number of aliphatic hydroxyl groups is 5. The number of Topliss-reactive ketones (excluding diaryl/α,β-unsaturated/α-hetero) is 1. The number of carbonyl (C=O) groups excluding carboxylic acids is 1. The van der Waals surface area contributed by atoms with Crippen molar-refractivity contribution < 1.29 is 79.2 Å². The molecule has 0 saturated carbocycles. The van der Waals surface area contributed by atoms with Crippen molar-refractivity contribution in [3.63, 3.8) is 0 Å². The van der Waals surface area contributed by atoms with Crippen LogP contribution in [0.25, 0.3) is 0 Å². The molecular formula is C28H34O16. The quantitative estimate of drug-likeness (QED) is 0.184. The first-order chi connectivity index (χ1) is 20.7. The third kappa shape index (κ3) is 5.60. The van der Waals surface area contributed by atoms with Gasteiger partial charge in [-0.05, 0) is 26.0 Å². The van der Waals surface area contributed by atoms with Crippen LogP contribution in [0.4, 0.5) is 0 Å². The maximum Gasteiger partial charge on any atom is 0.203 e. The molecule has 2 aromatic carbocycles. The van der Waals surface area contributed by atoms with Crippen LogP contribution in [0.2, 0.25) is 0 Å². The predicted octanol–water partition coefficient (Wildman–Crippen LogP) is -1.10. The van der Waals surface area contributed by atoms with Gasteiger partial charge in [0.25, 0.3) is 0 Å². The molecular weight excluding hydrogens is 592 g/mol. The highest BCUT2D eigenvalue weighted by Crippen LogP contribution is 2.46. The minimum absolute atomic E-state index is 0.0217. The van der Waals surface area contributed by atoms with Crippen molar-refractivity contribution in [2.24, 2.45) is 0 Å². The van der Waals surface area contributed by atoms with Gasteiger partial charge in [0.1, 0.15) is 59.4 Å². The first-order valence-corrected chi connectivity index (χ1v) is 13.6. The summed E-state index contributed by atoms with van der Waals surface area (Å²) in [6, 6.07) is 4.21. The first kappa shape index (κ1) is 32.0. The second kappa shape index (κ2) is 12.2. The van der Waals surface area contributed by atoms with Crippen LogP contribution in [0.1, 0.15) is 35.9 Å². The molecule has 16 heteroatoms. The van der Waals surface area contributed by atoms with Gasteiger partial charge in [-0.25, -0.2) is 0 Å². The van der Waals surface area contributed by atoms with E-state index in [0.29, 0.717) is 0 Å². The lowest BCUT2D eigenvalue weighted by atomic mass is 9.91. The van der Waals surface area contributed by atoms with Gasteiger partial charge in [0.2, 0.25) is 11.5 Å². The summed E-state index contributed by atoms with van der Waals surface area (Å²) in [5.74, 6) is -3.57. The zero-order chi connectivity index (χ0) is 32.2. The molecule has 12 atom stereocenters. The van der Waals surface area contributed by atoms with Gasteiger partial charge in [-0.2, -0.15) is 0 Å². The van der Waals surface area contributed by atoms with Crippen LogP contribution in [-0.2, 0) is 18.9 Å². The van der Waals surface area contributed by atoms with Crippen molar-refractivity contribution in [3.05, 3.63) is 35.4 Å². The van der Waals surface area contributed by atoms with E-state index in [4.69, 9.17) is 28.4 Å². The highest BCUT2D eigenvalue weighted by Gasteiger charge is 2.52. The molecule has 2 fully saturated rings. The molecule has 0 radical (unpaired) electrons. The number of rotatable bonds is 6. The zero-order valence-corrected chi connectivity index (χ0v) is 23.6. The van der Waals surface area contributed by atoms with E-state index in [2.05, 4.69) is 0 Å². The normalized spacial score (nSPS) is 37.2. The molecule has 3 aliphatic heterocycles. The second-order valence-electron chi connectivity index (χ2n) is 10.9. The van der Waals surface area contributed by atoms with Crippen LogP contribution in [0.3, 0.4) is 0 Å². The molecule has 16 nitrogen and oxygen atoms in total. The van der Waals surface area contributed by atoms with Crippen LogP contribution in [0, 0.1) is 0 Å². The van der Waals surface area contributed by atoms with E-state index in [1.807, 2.05) is 0 Å². The maximum atomic E-state index is 13.9. The van der Waals surface area contributed by atoms with Crippen molar-refractivity contribution >= 4 is 5.78 Å². The summed E-state index contributed by atoms with van der Waals surface area (Å²) in [6.07, 6.45) is -18.7. The summed E-state index contributed by atoms with van der Waals surface area (Å²) in [5.41, 5.74) is -0.406. The number of methoxy groups -OCH3 is 1. The highest BCUT2D eigenvalue weighted by atomic mass is 16.8. The van der Waals surface area contributed by atoms with Gasteiger partial charge in [-0.1, -0.05) is 0 Å². The van der Waals surface area contributed by atoms with Crippen LogP contribution in [-0.4, -0.2) is 126 Å². The van der Waals surface area contributed by atoms with Gasteiger partial charge >= 0.3 is 0 Å². The smallest absolute Gasteiger partial charge is 0.203 e. The Labute approximate surface area is 249 Å². The topological polar surface area (TPSA) is 255 Å². The average Bonchev–Trinajstić information content (AvgIpc) is 2.96. The van der Waals surface area contributed by atoms with E-state index in [0.717, 1.165) is 24.3 Å². The molecule has 3 heterocycles. The van der Waals surface area contributed by atoms with Gasteiger partial charge in [0, 0.05) is 17.7 Å². The highest BCUT2D eigenvalue weighted by molar-refractivity contribution is 6.05. The molecule has 0 amide bonds. The minimum Gasteiger partial charge on any atom is -0.508 e. The van der Waals surface area contributed by atoms with Gasteiger partial charge in [-0.15, -0.1) is 0 Å². The number of hydrogen-bond donors (Lipinski definition) is 9. The number of fused-ring (bicyclic) bond motifs is 1. The van der Waals surface area contributed by atoms with E-state index in [1.54, 1.807) is 0 Å². The number of carbonyl (C=O) groups is 1. The lowest BCUT2D eigenvalue weighted by Crippen LogP contribution is -2.64. The fourth-order valence-corrected chi connectivity index (χ4v) is 5.46. The predicted molar refractivity (Wildman–Crippen MR) is 142 cm³/mol. The molecule has 2 aromatic rings. The number of phenols is 4. The third-order valence-corrected chi connectivity index (χ3v) is 7.87. The average molecular weight is 627 g/mol. The molecule has 9 N–H and O–H groups in total. The number of aromatic hydroxyl groups is 4. The number of ketones is 1. The summed E-state index contributed by atoms with van der Waals surface area (Å²) in [5, 5.41) is 93.7. The second-order valence-corrected chi connectivity index (χ2v) is 10.9. The summed E-state index contributed by atoms with van der Waals surface area (Å²) >= 11 is 0. The molecule has 5 rings (SSSR count). The lowest BCUT2D eigenvalue weighted by Gasteiger charge is -2.46. The Morgan fingerprint density at radius 1 is 0.705 bits per heavy atom. The minimum atomic E-state index is -1.81. The SMILES string of the molecule is COc1c(O)cc([C@H]2Oc3cc(O)cc(O)c3C(=O)[C@@H]2O[C@@H]2O[C@H](C)[C@@H](O)[C@H](O)[C@@H]2O[C@@H]2O[C@H](C)[C@@H](O)[C@H](O)[C@@H]2O)cc1O. The van der Waals surface area contributed by atoms with E-state index in [9.17, 15) is 50.8 Å². The van der Waals surface area contributed by atoms with Crippen LogP contribution in [0.5, 0.6) is 34.5 Å². The molecule has 0 unspecified atom stereocenters. The van der Waals surface area contributed by atoms with Crippen LogP contribution in [0.15, 0.2) is 24.3 Å². The van der Waals surface area contributed by atoms with Gasteiger partial charge in [0.15, 0.2) is 36.3 Å². The van der Waals surface area contributed by atoms with Crippen molar-refractivity contribution in [3.8, 4) is 34.5 Å². The Balaban J connectivity index is 1.53. The number of ether oxygens (including phenoxy) is 6. The lowest BCUT2D eigenvalue weighted by molar-refractivity contribution is -0.366. The van der Waals surface area contributed by atoms with E-state index in [1.165, 1.54) is 21.0 Å². The number of aliphatic hydroxyl groups excluding tert-OH is 5. The van der Waals surface area contributed by atoms with E-state index in [-0.39, 0.29) is 22.6 Å². The Hall–Kier alpha value is -3.45. The molecule has 2 saturated heterocycles. The third-order valence-electron chi connectivity index (χ3n) is 7.87. The fraction of sp³-hybridized carbons (Fsp3) is 0.536. The molecule has 242 valence electrons. The number of benzene rings is 2.